The molecular formula is C21H32O2. The Labute approximate surface area is 140 Å². The second-order valence-corrected chi connectivity index (χ2v) is 10.2. The first kappa shape index (κ1) is 15.8. The van der Waals surface area contributed by atoms with E-state index < -0.39 is 5.41 Å². The predicted molar refractivity (Wildman–Crippen MR) is 90.9 cm³/mol. The van der Waals surface area contributed by atoms with Crippen LogP contribution < -0.4 is 0 Å². The summed E-state index contributed by atoms with van der Waals surface area (Å²) in [6, 6.07) is 0. The zero-order valence-electron chi connectivity index (χ0n) is 15.3. The zero-order chi connectivity index (χ0) is 16.6. The van der Waals surface area contributed by atoms with Crippen LogP contribution in [0, 0.1) is 39.9 Å². The van der Waals surface area contributed by atoms with Crippen LogP contribution in [0.4, 0.5) is 0 Å². The molecular weight excluding hydrogens is 284 g/mol. The number of ketones is 2. The molecule has 0 spiro atoms. The molecule has 4 aliphatic carbocycles. The maximum Gasteiger partial charge on any atom is 0.139 e. The van der Waals surface area contributed by atoms with Gasteiger partial charge in [0.25, 0.3) is 0 Å². The molecule has 6 atom stereocenters. The van der Waals surface area contributed by atoms with Crippen molar-refractivity contribution in [1.29, 1.82) is 0 Å². The van der Waals surface area contributed by atoms with Gasteiger partial charge in [-0.05, 0) is 60.7 Å². The van der Waals surface area contributed by atoms with Gasteiger partial charge >= 0.3 is 0 Å². The minimum Gasteiger partial charge on any atom is -0.299 e. The second-order valence-electron chi connectivity index (χ2n) is 10.2. The predicted octanol–water partition coefficient (Wildman–Crippen LogP) is 4.80. The molecule has 4 saturated carbocycles. The van der Waals surface area contributed by atoms with E-state index in [1.807, 2.05) is 13.8 Å². The van der Waals surface area contributed by atoms with Crippen LogP contribution in [-0.2, 0) is 9.59 Å². The van der Waals surface area contributed by atoms with Crippen molar-refractivity contribution in [1.82, 2.24) is 0 Å². The number of hydrogen-bond donors (Lipinski definition) is 0. The zero-order valence-corrected chi connectivity index (χ0v) is 15.3. The summed E-state index contributed by atoms with van der Waals surface area (Å²) in [4.78, 5) is 25.7. The molecule has 0 aliphatic heterocycles. The lowest BCUT2D eigenvalue weighted by molar-refractivity contribution is -0.173. The lowest BCUT2D eigenvalue weighted by Gasteiger charge is -2.61. The van der Waals surface area contributed by atoms with Gasteiger partial charge in [-0.15, -0.1) is 0 Å². The van der Waals surface area contributed by atoms with E-state index in [0.29, 0.717) is 35.2 Å². The van der Waals surface area contributed by atoms with Crippen LogP contribution in [0.25, 0.3) is 0 Å². The number of Topliss-reactive ketones (excluding diaryl/α,β-unsaturated/α-hetero) is 2. The van der Waals surface area contributed by atoms with Crippen molar-refractivity contribution in [3.05, 3.63) is 0 Å². The van der Waals surface area contributed by atoms with E-state index in [1.54, 1.807) is 0 Å². The van der Waals surface area contributed by atoms with E-state index in [9.17, 15) is 9.59 Å². The standard InChI is InChI=1S/C21H32O2/c1-19(2)17(23)8-11-21(4)15-7-10-20(3)9-5-6-14(20)13(15)12-16(22)18(19)21/h13-15,18H,5-12H2,1-4H3/t13-,14-,15-,18-,20-,21+/m0/s1. The fraction of sp³-hybridized carbons (Fsp3) is 0.905. The Balaban J connectivity index is 1.75. The van der Waals surface area contributed by atoms with Gasteiger partial charge in [-0.2, -0.15) is 0 Å². The lowest BCUT2D eigenvalue weighted by atomic mass is 9.41. The summed E-state index contributed by atoms with van der Waals surface area (Å²) < 4.78 is 0. The SMILES string of the molecule is CC1(C)C(=O)CC[C@]2(C)[C@H]3CC[C@]4(C)CCC[C@H]4[C@@H]3CC(=O)[C@@H]12. The third-order valence-corrected chi connectivity index (χ3v) is 8.81. The topological polar surface area (TPSA) is 34.1 Å². The molecule has 0 radical (unpaired) electrons. The van der Waals surface area contributed by atoms with Crippen molar-refractivity contribution in [3.63, 3.8) is 0 Å². The summed E-state index contributed by atoms with van der Waals surface area (Å²) in [5.74, 6) is 2.69. The van der Waals surface area contributed by atoms with E-state index in [1.165, 1.54) is 32.1 Å². The highest BCUT2D eigenvalue weighted by molar-refractivity contribution is 5.94. The van der Waals surface area contributed by atoms with E-state index in [4.69, 9.17) is 0 Å². The van der Waals surface area contributed by atoms with Gasteiger partial charge in [0.2, 0.25) is 0 Å². The van der Waals surface area contributed by atoms with Gasteiger partial charge in [0.15, 0.2) is 0 Å². The maximum atomic E-state index is 13.2. The normalized spacial score (nSPS) is 51.8. The van der Waals surface area contributed by atoms with E-state index >= 15 is 0 Å². The summed E-state index contributed by atoms with van der Waals surface area (Å²) >= 11 is 0. The molecule has 2 nitrogen and oxygen atoms in total. The first-order valence-corrected chi connectivity index (χ1v) is 9.76. The molecule has 0 amide bonds. The average molecular weight is 316 g/mol. The molecule has 128 valence electrons. The molecule has 4 rings (SSSR count). The van der Waals surface area contributed by atoms with Crippen LogP contribution in [0.5, 0.6) is 0 Å². The number of rotatable bonds is 0. The highest BCUT2D eigenvalue weighted by atomic mass is 16.1. The van der Waals surface area contributed by atoms with Gasteiger partial charge in [-0.1, -0.05) is 34.1 Å². The molecule has 0 unspecified atom stereocenters. The summed E-state index contributed by atoms with van der Waals surface area (Å²) in [5.41, 5.74) is 0.0947. The van der Waals surface area contributed by atoms with Gasteiger partial charge in [-0.25, -0.2) is 0 Å². The summed E-state index contributed by atoms with van der Waals surface area (Å²) in [5, 5.41) is 0. The van der Waals surface area contributed by atoms with Crippen LogP contribution in [-0.4, -0.2) is 11.6 Å². The fourth-order valence-corrected chi connectivity index (χ4v) is 7.74. The third-order valence-electron chi connectivity index (χ3n) is 8.81. The minimum atomic E-state index is -0.453. The number of carbonyl (C=O) groups is 2. The van der Waals surface area contributed by atoms with Gasteiger partial charge < -0.3 is 0 Å². The lowest BCUT2D eigenvalue weighted by Crippen LogP contribution is -2.61. The highest BCUT2D eigenvalue weighted by Gasteiger charge is 2.64. The van der Waals surface area contributed by atoms with E-state index in [-0.39, 0.29) is 11.3 Å². The molecule has 23 heavy (non-hydrogen) atoms. The molecule has 0 aromatic heterocycles. The van der Waals surface area contributed by atoms with E-state index in [0.717, 1.165) is 18.8 Å². The van der Waals surface area contributed by atoms with Crippen LogP contribution in [0.3, 0.4) is 0 Å². The number of hydrogen-bond acceptors (Lipinski definition) is 2. The minimum absolute atomic E-state index is 0.0386. The molecule has 4 fully saturated rings. The Morgan fingerprint density at radius 1 is 0.913 bits per heavy atom. The second kappa shape index (κ2) is 4.70. The highest BCUT2D eigenvalue weighted by Crippen LogP contribution is 2.67. The summed E-state index contributed by atoms with van der Waals surface area (Å²) in [6.07, 6.45) is 9.03. The summed E-state index contributed by atoms with van der Waals surface area (Å²) in [6.45, 7) is 8.92. The molecule has 0 bridgehead atoms. The van der Waals surface area contributed by atoms with Crippen molar-refractivity contribution in [2.24, 2.45) is 39.9 Å². The Bertz CT molecular complexity index is 562. The molecule has 0 heterocycles. The van der Waals surface area contributed by atoms with Crippen molar-refractivity contribution >= 4 is 11.6 Å². The largest absolute Gasteiger partial charge is 0.299 e. The van der Waals surface area contributed by atoms with Gasteiger partial charge in [-0.3, -0.25) is 9.59 Å². The van der Waals surface area contributed by atoms with Crippen molar-refractivity contribution < 1.29 is 9.59 Å². The number of fused-ring (bicyclic) bond motifs is 5. The van der Waals surface area contributed by atoms with Gasteiger partial charge in [0.1, 0.15) is 11.6 Å². The van der Waals surface area contributed by atoms with Crippen LogP contribution in [0.15, 0.2) is 0 Å². The van der Waals surface area contributed by atoms with Gasteiger partial charge in [0.05, 0.1) is 0 Å². The van der Waals surface area contributed by atoms with E-state index in [2.05, 4.69) is 13.8 Å². The smallest absolute Gasteiger partial charge is 0.139 e. The van der Waals surface area contributed by atoms with Crippen LogP contribution in [0.1, 0.15) is 79.1 Å². The summed E-state index contributed by atoms with van der Waals surface area (Å²) in [7, 11) is 0. The van der Waals surface area contributed by atoms with Crippen LogP contribution in [0.2, 0.25) is 0 Å². The van der Waals surface area contributed by atoms with Crippen LogP contribution >= 0.6 is 0 Å². The maximum absolute atomic E-state index is 13.2. The molecule has 2 heteroatoms. The number of carbonyl (C=O) groups excluding carboxylic acids is 2. The monoisotopic (exact) mass is 316 g/mol. The molecule has 4 aliphatic rings. The van der Waals surface area contributed by atoms with Crippen molar-refractivity contribution in [3.8, 4) is 0 Å². The molecule has 0 aromatic carbocycles. The molecule has 0 saturated heterocycles. The molecule has 0 aromatic rings. The fourth-order valence-electron chi connectivity index (χ4n) is 7.74. The first-order valence-electron chi connectivity index (χ1n) is 9.76. The third kappa shape index (κ3) is 1.93. The Morgan fingerprint density at radius 3 is 2.39 bits per heavy atom. The Kier molecular flexibility index (Phi) is 3.24. The quantitative estimate of drug-likeness (QED) is 0.643. The molecule has 0 N–H and O–H groups in total. The van der Waals surface area contributed by atoms with Crippen molar-refractivity contribution in [2.75, 3.05) is 0 Å². The Morgan fingerprint density at radius 2 is 1.65 bits per heavy atom. The average Bonchev–Trinajstić information content (AvgIpc) is 2.85. The first-order chi connectivity index (χ1) is 10.7. The Hall–Kier alpha value is -0.660. The van der Waals surface area contributed by atoms with Crippen molar-refractivity contribution in [2.45, 2.75) is 79.1 Å². The van der Waals surface area contributed by atoms with Gasteiger partial charge in [0, 0.05) is 24.2 Å².